The Hall–Kier alpha value is -1.39. The number of nitrogens with zero attached hydrogens (tertiary/aromatic N) is 2. The van der Waals surface area contributed by atoms with Crippen molar-refractivity contribution in [3.05, 3.63) is 35.4 Å². The number of rotatable bonds is 4. The Balaban J connectivity index is 1.96. The highest BCUT2D eigenvalue weighted by molar-refractivity contribution is 5.87. The van der Waals surface area contributed by atoms with E-state index in [1.807, 2.05) is 12.1 Å². The first kappa shape index (κ1) is 15.0. The number of carboxylic acid groups (broad SMARTS) is 1. The molecule has 1 N–H and O–H groups in total. The Labute approximate surface area is 121 Å². The highest BCUT2D eigenvalue weighted by Gasteiger charge is 2.17. The van der Waals surface area contributed by atoms with Gasteiger partial charge in [0.15, 0.2) is 0 Å². The summed E-state index contributed by atoms with van der Waals surface area (Å²) in [7, 11) is 0. The van der Waals surface area contributed by atoms with Crippen LogP contribution < -0.4 is 0 Å². The van der Waals surface area contributed by atoms with E-state index in [1.54, 1.807) is 12.1 Å². The average Bonchev–Trinajstić information content (AvgIpc) is 2.65. The van der Waals surface area contributed by atoms with Gasteiger partial charge in [0.05, 0.1) is 5.56 Å². The summed E-state index contributed by atoms with van der Waals surface area (Å²) in [5.41, 5.74) is 1.46. The molecule has 1 fully saturated rings. The Morgan fingerprint density at radius 3 is 2.75 bits per heavy atom. The van der Waals surface area contributed by atoms with Crippen LogP contribution in [0.25, 0.3) is 0 Å². The summed E-state index contributed by atoms with van der Waals surface area (Å²) in [6.45, 7) is 9.71. The number of hydrogen-bond donors (Lipinski definition) is 1. The maximum atomic E-state index is 11.0. The molecule has 1 heterocycles. The Kier molecular flexibility index (Phi) is 5.15. The molecule has 1 saturated heterocycles. The normalized spacial score (nSPS) is 18.1. The minimum atomic E-state index is -0.853. The summed E-state index contributed by atoms with van der Waals surface area (Å²) < 4.78 is 0. The molecule has 0 radical (unpaired) electrons. The highest BCUT2D eigenvalue weighted by Crippen LogP contribution is 2.12. The zero-order chi connectivity index (χ0) is 14.5. The summed E-state index contributed by atoms with van der Waals surface area (Å²) in [4.78, 5) is 15.9. The average molecular weight is 276 g/mol. The maximum Gasteiger partial charge on any atom is 0.335 e. The highest BCUT2D eigenvalue weighted by atomic mass is 16.4. The molecule has 1 aliphatic rings. The van der Waals surface area contributed by atoms with Crippen LogP contribution in [-0.2, 0) is 6.54 Å². The van der Waals surface area contributed by atoms with E-state index in [2.05, 4.69) is 23.6 Å². The van der Waals surface area contributed by atoms with Crippen molar-refractivity contribution in [1.29, 1.82) is 0 Å². The predicted octanol–water partition coefficient (Wildman–Crippen LogP) is 2.30. The lowest BCUT2D eigenvalue weighted by molar-refractivity contribution is 0.0696. The van der Waals surface area contributed by atoms with Gasteiger partial charge in [-0.05, 0) is 51.1 Å². The van der Waals surface area contributed by atoms with E-state index in [-0.39, 0.29) is 0 Å². The summed E-state index contributed by atoms with van der Waals surface area (Å²) in [5, 5.41) is 9.04. The van der Waals surface area contributed by atoms with E-state index in [1.165, 1.54) is 6.42 Å². The fraction of sp³-hybridized carbons (Fsp3) is 0.562. The van der Waals surface area contributed by atoms with Crippen molar-refractivity contribution in [1.82, 2.24) is 9.80 Å². The summed E-state index contributed by atoms with van der Waals surface area (Å²) >= 11 is 0. The lowest BCUT2D eigenvalue weighted by Gasteiger charge is -2.25. The Morgan fingerprint density at radius 1 is 1.25 bits per heavy atom. The molecule has 0 bridgehead atoms. The predicted molar refractivity (Wildman–Crippen MR) is 80.0 cm³/mol. The van der Waals surface area contributed by atoms with E-state index in [0.29, 0.717) is 11.6 Å². The second kappa shape index (κ2) is 6.86. The minimum absolute atomic E-state index is 0.376. The third kappa shape index (κ3) is 4.05. The summed E-state index contributed by atoms with van der Waals surface area (Å²) in [6.07, 6.45) is 1.18. The van der Waals surface area contributed by atoms with Crippen LogP contribution in [0.3, 0.4) is 0 Å². The molecule has 20 heavy (non-hydrogen) atoms. The van der Waals surface area contributed by atoms with Crippen molar-refractivity contribution in [3.63, 3.8) is 0 Å². The van der Waals surface area contributed by atoms with Crippen LogP contribution in [0, 0.1) is 0 Å². The first-order valence-electron chi connectivity index (χ1n) is 7.35. The smallest absolute Gasteiger partial charge is 0.335 e. The van der Waals surface area contributed by atoms with Gasteiger partial charge in [0, 0.05) is 25.7 Å². The fourth-order valence-corrected chi connectivity index (χ4v) is 2.73. The molecule has 0 saturated carbocycles. The van der Waals surface area contributed by atoms with Crippen LogP contribution in [-0.4, -0.2) is 53.1 Å². The third-order valence-corrected chi connectivity index (χ3v) is 3.93. The monoisotopic (exact) mass is 276 g/mol. The van der Waals surface area contributed by atoms with Gasteiger partial charge in [-0.25, -0.2) is 4.79 Å². The molecular weight excluding hydrogens is 252 g/mol. The Bertz CT molecular complexity index is 460. The molecule has 1 aromatic rings. The van der Waals surface area contributed by atoms with Gasteiger partial charge in [-0.15, -0.1) is 0 Å². The van der Waals surface area contributed by atoms with Gasteiger partial charge in [-0.1, -0.05) is 12.1 Å². The van der Waals surface area contributed by atoms with Crippen LogP contribution in [0.15, 0.2) is 24.3 Å². The van der Waals surface area contributed by atoms with Gasteiger partial charge >= 0.3 is 5.97 Å². The molecule has 2 rings (SSSR count). The number of carbonyl (C=O) groups is 1. The zero-order valence-electron chi connectivity index (χ0n) is 12.4. The fourth-order valence-electron chi connectivity index (χ4n) is 2.73. The first-order valence-corrected chi connectivity index (χ1v) is 7.35. The van der Waals surface area contributed by atoms with Gasteiger partial charge in [0.2, 0.25) is 0 Å². The summed E-state index contributed by atoms with van der Waals surface area (Å²) in [6, 6.07) is 7.88. The van der Waals surface area contributed by atoms with E-state index in [9.17, 15) is 4.79 Å². The van der Waals surface area contributed by atoms with Crippen LogP contribution in [0.2, 0.25) is 0 Å². The van der Waals surface area contributed by atoms with Crippen molar-refractivity contribution in [2.24, 2.45) is 0 Å². The van der Waals surface area contributed by atoms with Gasteiger partial charge in [0.1, 0.15) is 0 Å². The lowest BCUT2D eigenvalue weighted by atomic mass is 10.1. The van der Waals surface area contributed by atoms with Crippen molar-refractivity contribution in [3.8, 4) is 0 Å². The molecule has 4 heteroatoms. The third-order valence-electron chi connectivity index (χ3n) is 3.93. The van der Waals surface area contributed by atoms with Crippen molar-refractivity contribution < 1.29 is 9.90 Å². The second-order valence-corrected chi connectivity index (χ2v) is 5.76. The molecule has 0 amide bonds. The van der Waals surface area contributed by atoms with E-state index in [0.717, 1.165) is 38.3 Å². The minimum Gasteiger partial charge on any atom is -0.478 e. The van der Waals surface area contributed by atoms with Crippen LogP contribution in [0.5, 0.6) is 0 Å². The molecule has 4 nitrogen and oxygen atoms in total. The van der Waals surface area contributed by atoms with Crippen LogP contribution in [0.1, 0.15) is 36.2 Å². The SMILES string of the molecule is CC(C)N1CCCN(Cc2cccc(C(=O)O)c2)CC1. The van der Waals surface area contributed by atoms with Crippen molar-refractivity contribution in [2.45, 2.75) is 32.9 Å². The molecule has 0 unspecified atom stereocenters. The molecule has 0 spiro atoms. The molecule has 0 aliphatic carbocycles. The number of carboxylic acids is 1. The zero-order valence-corrected chi connectivity index (χ0v) is 12.4. The molecule has 1 aliphatic heterocycles. The van der Waals surface area contributed by atoms with Gasteiger partial charge < -0.3 is 5.11 Å². The topological polar surface area (TPSA) is 43.8 Å². The van der Waals surface area contributed by atoms with Crippen LogP contribution >= 0.6 is 0 Å². The van der Waals surface area contributed by atoms with Gasteiger partial charge in [-0.2, -0.15) is 0 Å². The Morgan fingerprint density at radius 2 is 2.05 bits per heavy atom. The van der Waals surface area contributed by atoms with Crippen molar-refractivity contribution >= 4 is 5.97 Å². The quantitative estimate of drug-likeness (QED) is 0.916. The standard InChI is InChI=1S/C16H24N2O2/c1-13(2)18-8-4-7-17(9-10-18)12-14-5-3-6-15(11-14)16(19)20/h3,5-6,11,13H,4,7-10,12H2,1-2H3,(H,19,20). The maximum absolute atomic E-state index is 11.0. The van der Waals surface area contributed by atoms with E-state index in [4.69, 9.17) is 5.11 Å². The second-order valence-electron chi connectivity index (χ2n) is 5.76. The van der Waals surface area contributed by atoms with E-state index < -0.39 is 5.97 Å². The first-order chi connectivity index (χ1) is 9.56. The molecule has 0 atom stereocenters. The number of benzene rings is 1. The molecule has 0 aromatic heterocycles. The van der Waals surface area contributed by atoms with Gasteiger partial charge in [-0.3, -0.25) is 9.80 Å². The number of hydrogen-bond acceptors (Lipinski definition) is 3. The van der Waals surface area contributed by atoms with Gasteiger partial charge in [0.25, 0.3) is 0 Å². The molecular formula is C16H24N2O2. The van der Waals surface area contributed by atoms with Crippen molar-refractivity contribution in [2.75, 3.05) is 26.2 Å². The summed E-state index contributed by atoms with van der Waals surface area (Å²) in [5.74, 6) is -0.853. The largest absolute Gasteiger partial charge is 0.478 e. The molecule has 1 aromatic carbocycles. The van der Waals surface area contributed by atoms with E-state index >= 15 is 0 Å². The van der Waals surface area contributed by atoms with Crippen LogP contribution in [0.4, 0.5) is 0 Å². The number of aromatic carboxylic acids is 1. The molecule has 110 valence electrons. The lowest BCUT2D eigenvalue weighted by Crippen LogP contribution is -2.34.